The van der Waals surface area contributed by atoms with Crippen molar-refractivity contribution in [1.82, 2.24) is 4.90 Å². The Kier molecular flexibility index (Phi) is 4.05. The van der Waals surface area contributed by atoms with Crippen LogP contribution in [0.15, 0.2) is 0 Å². The predicted octanol–water partition coefficient (Wildman–Crippen LogP) is 2.82. The number of aliphatic hydroxyl groups is 2. The molecule has 25 heavy (non-hydrogen) atoms. The zero-order chi connectivity index (χ0) is 18.1. The second-order valence-corrected chi connectivity index (χ2v) is 10.1. The van der Waals surface area contributed by atoms with Crippen LogP contribution in [-0.2, 0) is 4.79 Å². The summed E-state index contributed by atoms with van der Waals surface area (Å²) >= 11 is 0. The second kappa shape index (κ2) is 5.69. The molecule has 4 nitrogen and oxygen atoms in total. The highest BCUT2D eigenvalue weighted by Gasteiger charge is 2.64. The molecular weight excluding hydrogens is 314 g/mol. The number of fused-ring (bicyclic) bond motifs is 5. The Bertz CT molecular complexity index is 563. The van der Waals surface area contributed by atoms with E-state index in [0.717, 1.165) is 32.1 Å². The van der Waals surface area contributed by atoms with Gasteiger partial charge >= 0.3 is 0 Å². The van der Waals surface area contributed by atoms with E-state index in [-0.39, 0.29) is 35.0 Å². The molecule has 142 valence electrons. The fourth-order valence-corrected chi connectivity index (χ4v) is 8.11. The van der Waals surface area contributed by atoms with Crippen molar-refractivity contribution in [3.05, 3.63) is 0 Å². The first-order valence-corrected chi connectivity index (χ1v) is 10.3. The number of carbonyl (C=O) groups excluding carboxylic acids is 1. The lowest BCUT2D eigenvalue weighted by atomic mass is 9.46. The van der Waals surface area contributed by atoms with Crippen molar-refractivity contribution < 1.29 is 15.0 Å². The van der Waals surface area contributed by atoms with Crippen molar-refractivity contribution in [2.75, 3.05) is 7.05 Å². The quantitative estimate of drug-likeness (QED) is 0.765. The number of hydrogen-bond acceptors (Lipinski definition) is 3. The van der Waals surface area contributed by atoms with Gasteiger partial charge in [0.05, 0.1) is 12.2 Å². The van der Waals surface area contributed by atoms with E-state index in [2.05, 4.69) is 13.8 Å². The van der Waals surface area contributed by atoms with E-state index >= 15 is 0 Å². The summed E-state index contributed by atoms with van der Waals surface area (Å²) in [5.74, 6) is 2.04. The van der Waals surface area contributed by atoms with Gasteiger partial charge in [0.1, 0.15) is 0 Å². The molecule has 1 saturated heterocycles. The van der Waals surface area contributed by atoms with E-state index in [1.807, 2.05) is 18.9 Å². The molecule has 1 heterocycles. The Morgan fingerprint density at radius 1 is 1.16 bits per heavy atom. The van der Waals surface area contributed by atoms with Crippen LogP contribution in [0.2, 0.25) is 0 Å². The predicted molar refractivity (Wildman–Crippen MR) is 96.7 cm³/mol. The SMILES string of the molecule is CC(O)[C@H]1CCC2C3CCC4N(C)C(=O)CC[C@]4(C)C3[C@@H](O)C[C@@]21C. The number of amides is 1. The minimum atomic E-state index is -0.306. The van der Waals surface area contributed by atoms with E-state index in [4.69, 9.17) is 0 Å². The van der Waals surface area contributed by atoms with Crippen molar-refractivity contribution in [1.29, 1.82) is 0 Å². The van der Waals surface area contributed by atoms with Gasteiger partial charge in [-0.15, -0.1) is 0 Å². The third-order valence-electron chi connectivity index (χ3n) is 9.14. The Balaban J connectivity index is 1.68. The lowest BCUT2D eigenvalue weighted by Crippen LogP contribution is -2.64. The highest BCUT2D eigenvalue weighted by Crippen LogP contribution is 2.66. The zero-order valence-corrected chi connectivity index (χ0v) is 16.2. The molecule has 4 fully saturated rings. The molecule has 0 bridgehead atoms. The molecule has 2 N–H and O–H groups in total. The normalized spacial score (nSPS) is 53.8. The first kappa shape index (κ1) is 17.8. The summed E-state index contributed by atoms with van der Waals surface area (Å²) in [6, 6.07) is 0.281. The van der Waals surface area contributed by atoms with E-state index in [9.17, 15) is 15.0 Å². The van der Waals surface area contributed by atoms with E-state index in [1.165, 1.54) is 6.42 Å². The summed E-state index contributed by atoms with van der Waals surface area (Å²) in [7, 11) is 1.96. The smallest absolute Gasteiger partial charge is 0.222 e. The number of likely N-dealkylation sites (tertiary alicyclic amines) is 1. The topological polar surface area (TPSA) is 60.8 Å². The Morgan fingerprint density at radius 2 is 1.88 bits per heavy atom. The summed E-state index contributed by atoms with van der Waals surface area (Å²) in [5, 5.41) is 21.6. The molecule has 0 aromatic rings. The van der Waals surface area contributed by atoms with Gasteiger partial charge in [0, 0.05) is 19.5 Å². The number of rotatable bonds is 1. The minimum absolute atomic E-state index is 0.0369. The monoisotopic (exact) mass is 349 g/mol. The first-order chi connectivity index (χ1) is 11.7. The van der Waals surface area contributed by atoms with Gasteiger partial charge < -0.3 is 15.1 Å². The summed E-state index contributed by atoms with van der Waals surface area (Å²) in [6.45, 7) is 6.59. The number of aliphatic hydroxyl groups excluding tert-OH is 2. The van der Waals surface area contributed by atoms with Crippen LogP contribution in [0.4, 0.5) is 0 Å². The lowest BCUT2D eigenvalue weighted by molar-refractivity contribution is -0.185. The summed E-state index contributed by atoms with van der Waals surface area (Å²) < 4.78 is 0. The lowest BCUT2D eigenvalue weighted by Gasteiger charge is -2.63. The maximum absolute atomic E-state index is 12.2. The van der Waals surface area contributed by atoms with Crippen molar-refractivity contribution in [2.45, 2.75) is 84.0 Å². The maximum Gasteiger partial charge on any atom is 0.222 e. The van der Waals surface area contributed by atoms with Crippen molar-refractivity contribution in [3.63, 3.8) is 0 Å². The van der Waals surface area contributed by atoms with Crippen molar-refractivity contribution >= 4 is 5.91 Å². The second-order valence-electron chi connectivity index (χ2n) is 10.1. The summed E-state index contributed by atoms with van der Waals surface area (Å²) in [4.78, 5) is 14.2. The van der Waals surface area contributed by atoms with Crippen molar-refractivity contribution in [3.8, 4) is 0 Å². The molecular formula is C21H35NO3. The van der Waals surface area contributed by atoms with Gasteiger partial charge in [-0.2, -0.15) is 0 Å². The van der Waals surface area contributed by atoms with Crippen LogP contribution in [0.25, 0.3) is 0 Å². The number of nitrogens with zero attached hydrogens (tertiary/aromatic N) is 1. The van der Waals surface area contributed by atoms with Crippen molar-refractivity contribution in [2.24, 2.45) is 34.5 Å². The van der Waals surface area contributed by atoms with E-state index in [1.54, 1.807) is 0 Å². The molecule has 0 spiro atoms. The fraction of sp³-hybridized carbons (Fsp3) is 0.952. The van der Waals surface area contributed by atoms with Crippen LogP contribution >= 0.6 is 0 Å². The Hall–Kier alpha value is -0.610. The molecule has 3 saturated carbocycles. The average molecular weight is 350 g/mol. The van der Waals surface area contributed by atoms with Crippen LogP contribution in [0, 0.1) is 34.5 Å². The Labute approximate surface area is 152 Å². The van der Waals surface area contributed by atoms with Gasteiger partial charge in [0.25, 0.3) is 0 Å². The number of piperidine rings is 1. The van der Waals surface area contributed by atoms with Gasteiger partial charge in [-0.3, -0.25) is 4.79 Å². The zero-order valence-electron chi connectivity index (χ0n) is 16.2. The van der Waals surface area contributed by atoms with Gasteiger partial charge in [0.15, 0.2) is 0 Å². The van der Waals surface area contributed by atoms with Crippen LogP contribution in [0.3, 0.4) is 0 Å². The largest absolute Gasteiger partial charge is 0.393 e. The summed E-state index contributed by atoms with van der Waals surface area (Å²) in [6.07, 6.45) is 6.23. The van der Waals surface area contributed by atoms with Crippen LogP contribution in [0.1, 0.15) is 65.7 Å². The average Bonchev–Trinajstić information content (AvgIpc) is 2.88. The molecule has 1 aliphatic heterocycles. The third-order valence-corrected chi connectivity index (χ3v) is 9.14. The van der Waals surface area contributed by atoms with Crippen LogP contribution < -0.4 is 0 Å². The number of carbonyl (C=O) groups is 1. The standard InChI is InChI=1S/C21H35NO3/c1-12(23)14-6-7-15-13-5-8-17-20(2,10-9-18(25)22(17)4)19(13)16(24)11-21(14,15)3/h12-17,19,23-24H,5-11H2,1-4H3/t12?,13?,14-,15?,16+,17?,19?,20+,21-/m1/s1. The Morgan fingerprint density at radius 3 is 2.56 bits per heavy atom. The van der Waals surface area contributed by atoms with E-state index < -0.39 is 0 Å². The first-order valence-electron chi connectivity index (χ1n) is 10.3. The van der Waals surface area contributed by atoms with Gasteiger partial charge in [-0.1, -0.05) is 13.8 Å². The molecule has 0 aromatic carbocycles. The van der Waals surface area contributed by atoms with Gasteiger partial charge in [-0.25, -0.2) is 0 Å². The highest BCUT2D eigenvalue weighted by molar-refractivity contribution is 5.77. The summed E-state index contributed by atoms with van der Waals surface area (Å²) in [5.41, 5.74) is 0.101. The molecule has 0 radical (unpaired) electrons. The maximum atomic E-state index is 12.2. The minimum Gasteiger partial charge on any atom is -0.393 e. The fourth-order valence-electron chi connectivity index (χ4n) is 8.11. The molecule has 9 atom stereocenters. The molecule has 4 heteroatoms. The van der Waals surface area contributed by atoms with Gasteiger partial charge in [-0.05, 0) is 80.0 Å². The molecule has 0 aromatic heterocycles. The molecule has 1 amide bonds. The third kappa shape index (κ3) is 2.29. The molecule has 4 rings (SSSR count). The highest BCUT2D eigenvalue weighted by atomic mass is 16.3. The molecule has 3 aliphatic carbocycles. The molecule has 5 unspecified atom stereocenters. The van der Waals surface area contributed by atoms with E-state index in [0.29, 0.717) is 30.1 Å². The van der Waals surface area contributed by atoms with Crippen LogP contribution in [-0.4, -0.2) is 46.3 Å². The molecule has 4 aliphatic rings. The number of hydrogen-bond donors (Lipinski definition) is 2. The van der Waals surface area contributed by atoms with Crippen LogP contribution in [0.5, 0.6) is 0 Å². The van der Waals surface area contributed by atoms with Gasteiger partial charge in [0.2, 0.25) is 5.91 Å².